The van der Waals surface area contributed by atoms with Crippen molar-refractivity contribution in [3.63, 3.8) is 0 Å². The van der Waals surface area contributed by atoms with E-state index in [1.54, 1.807) is 11.0 Å². The molecule has 1 aromatic rings. The van der Waals surface area contributed by atoms with Gasteiger partial charge in [0, 0.05) is 12.6 Å². The molecule has 0 fully saturated rings. The quantitative estimate of drug-likeness (QED) is 0.864. The Morgan fingerprint density at radius 2 is 2.19 bits per heavy atom. The zero-order valence-electron chi connectivity index (χ0n) is 13.2. The van der Waals surface area contributed by atoms with Gasteiger partial charge >= 0.3 is 6.09 Å². The fourth-order valence-electron chi connectivity index (χ4n) is 2.51. The predicted octanol–water partition coefficient (Wildman–Crippen LogP) is 3.11. The zero-order valence-corrected chi connectivity index (χ0v) is 13.2. The first-order valence-electron chi connectivity index (χ1n) is 7.44. The number of fused-ring (bicyclic) bond motifs is 1. The summed E-state index contributed by atoms with van der Waals surface area (Å²) in [5.41, 5.74) is 1.35. The van der Waals surface area contributed by atoms with E-state index < -0.39 is 5.60 Å². The third kappa shape index (κ3) is 4.09. The molecule has 2 rings (SSSR count). The van der Waals surface area contributed by atoms with Gasteiger partial charge in [0.15, 0.2) is 0 Å². The van der Waals surface area contributed by atoms with Crippen LogP contribution in [0.2, 0.25) is 0 Å². The van der Waals surface area contributed by atoms with Crippen molar-refractivity contribution in [1.82, 2.24) is 9.88 Å². The van der Waals surface area contributed by atoms with Crippen molar-refractivity contribution in [3.05, 3.63) is 23.4 Å². The summed E-state index contributed by atoms with van der Waals surface area (Å²) in [6.45, 7) is 8.74. The third-order valence-electron chi connectivity index (χ3n) is 3.61. The molecule has 1 aliphatic heterocycles. The molecule has 21 heavy (non-hydrogen) atoms. The maximum Gasteiger partial charge on any atom is 0.410 e. The Morgan fingerprint density at radius 1 is 1.48 bits per heavy atom. The highest BCUT2D eigenvalue weighted by molar-refractivity contribution is 5.68. The van der Waals surface area contributed by atoms with Gasteiger partial charge in [0.05, 0.1) is 12.2 Å². The van der Waals surface area contributed by atoms with Gasteiger partial charge in [0.2, 0.25) is 5.88 Å². The maximum atomic E-state index is 12.3. The Labute approximate surface area is 125 Å². The summed E-state index contributed by atoms with van der Waals surface area (Å²) in [4.78, 5) is 18.2. The molecule has 0 bridgehead atoms. The summed E-state index contributed by atoms with van der Waals surface area (Å²) in [7, 11) is 0. The number of carbonyl (C=O) groups excluding carboxylic acids is 1. The van der Waals surface area contributed by atoms with Crippen molar-refractivity contribution >= 4 is 6.09 Å². The number of aromatic hydroxyl groups is 1. The van der Waals surface area contributed by atoms with Crippen molar-refractivity contribution in [3.8, 4) is 5.88 Å². The van der Waals surface area contributed by atoms with Crippen LogP contribution >= 0.6 is 0 Å². The summed E-state index contributed by atoms with van der Waals surface area (Å²) in [5.74, 6) is 0.373. The predicted molar refractivity (Wildman–Crippen MR) is 80.0 cm³/mol. The third-order valence-corrected chi connectivity index (χ3v) is 3.61. The molecule has 0 radical (unpaired) electrons. The molecular formula is C16H24N2O3. The van der Waals surface area contributed by atoms with Gasteiger partial charge in [-0.2, -0.15) is 0 Å². The van der Waals surface area contributed by atoms with E-state index in [4.69, 9.17) is 4.74 Å². The smallest absolute Gasteiger partial charge is 0.410 e. The lowest BCUT2D eigenvalue weighted by Gasteiger charge is -2.28. The molecule has 5 heteroatoms. The van der Waals surface area contributed by atoms with Crippen LogP contribution in [0.15, 0.2) is 12.1 Å². The van der Waals surface area contributed by atoms with Crippen LogP contribution in [0.4, 0.5) is 4.79 Å². The van der Waals surface area contributed by atoms with E-state index in [2.05, 4.69) is 11.9 Å². The molecule has 0 saturated heterocycles. The Bertz CT molecular complexity index is 523. The molecule has 1 N–H and O–H groups in total. The standard InChI is InChI=1S/C16H24N2O3/c1-5-11-8-12-6-7-14(19)17-13(12)10-18(9-11)15(20)21-16(2,3)4/h6-7,11H,5,8-10H2,1-4H3,(H,17,19)/t11-/m0/s1. The van der Waals surface area contributed by atoms with E-state index in [9.17, 15) is 9.90 Å². The summed E-state index contributed by atoms with van der Waals surface area (Å²) >= 11 is 0. The van der Waals surface area contributed by atoms with Gasteiger partial charge in [-0.25, -0.2) is 9.78 Å². The number of rotatable bonds is 1. The first kappa shape index (κ1) is 15.6. The topological polar surface area (TPSA) is 62.7 Å². The van der Waals surface area contributed by atoms with Crippen LogP contribution in [0.3, 0.4) is 0 Å². The van der Waals surface area contributed by atoms with Crippen LogP contribution < -0.4 is 0 Å². The normalized spacial score (nSPS) is 18.9. The summed E-state index contributed by atoms with van der Waals surface area (Å²) < 4.78 is 5.47. The largest absolute Gasteiger partial charge is 0.493 e. The molecule has 1 atom stereocenters. The van der Waals surface area contributed by atoms with Crippen LogP contribution in [0, 0.1) is 5.92 Å². The van der Waals surface area contributed by atoms with Gasteiger partial charge in [0.1, 0.15) is 5.60 Å². The minimum Gasteiger partial charge on any atom is -0.493 e. The Balaban J connectivity index is 2.25. The van der Waals surface area contributed by atoms with E-state index in [0.29, 0.717) is 19.0 Å². The molecular weight excluding hydrogens is 268 g/mol. The highest BCUT2D eigenvalue weighted by Crippen LogP contribution is 2.25. The molecule has 0 saturated carbocycles. The van der Waals surface area contributed by atoms with E-state index in [0.717, 1.165) is 24.1 Å². The highest BCUT2D eigenvalue weighted by Gasteiger charge is 2.28. The molecule has 0 spiro atoms. The Morgan fingerprint density at radius 3 is 2.81 bits per heavy atom. The number of amides is 1. The second kappa shape index (κ2) is 5.92. The fourth-order valence-corrected chi connectivity index (χ4v) is 2.51. The number of hydrogen-bond acceptors (Lipinski definition) is 4. The average Bonchev–Trinajstić information content (AvgIpc) is 2.55. The number of hydrogen-bond donors (Lipinski definition) is 1. The molecule has 1 aliphatic rings. The number of pyridine rings is 1. The van der Waals surface area contributed by atoms with E-state index in [1.165, 1.54) is 0 Å². The van der Waals surface area contributed by atoms with Gasteiger partial charge in [-0.15, -0.1) is 0 Å². The minimum absolute atomic E-state index is 0.00663. The van der Waals surface area contributed by atoms with Gasteiger partial charge in [-0.05, 0) is 38.7 Å². The molecule has 0 aromatic carbocycles. The average molecular weight is 292 g/mol. The van der Waals surface area contributed by atoms with Crippen molar-refractivity contribution in [2.75, 3.05) is 6.54 Å². The second-order valence-electron chi connectivity index (χ2n) is 6.61. The molecule has 2 heterocycles. The lowest BCUT2D eigenvalue weighted by molar-refractivity contribution is 0.0207. The van der Waals surface area contributed by atoms with Crippen LogP contribution in [0.1, 0.15) is 45.4 Å². The second-order valence-corrected chi connectivity index (χ2v) is 6.61. The number of ether oxygens (including phenoxy) is 1. The van der Waals surface area contributed by atoms with Crippen LogP contribution in [-0.2, 0) is 17.7 Å². The van der Waals surface area contributed by atoms with Gasteiger partial charge < -0.3 is 14.7 Å². The Kier molecular flexibility index (Phi) is 4.40. The fraction of sp³-hybridized carbons (Fsp3) is 0.625. The van der Waals surface area contributed by atoms with Crippen molar-refractivity contribution in [2.24, 2.45) is 5.92 Å². The van der Waals surface area contributed by atoms with Gasteiger partial charge in [-0.3, -0.25) is 0 Å². The number of aromatic nitrogens is 1. The lowest BCUT2D eigenvalue weighted by Crippen LogP contribution is -2.38. The van der Waals surface area contributed by atoms with E-state index in [-0.39, 0.29) is 12.0 Å². The zero-order chi connectivity index (χ0) is 15.6. The lowest BCUT2D eigenvalue weighted by atomic mass is 9.97. The van der Waals surface area contributed by atoms with E-state index in [1.807, 2.05) is 26.8 Å². The summed E-state index contributed by atoms with van der Waals surface area (Å²) in [6.07, 6.45) is 1.54. The minimum atomic E-state index is -0.514. The maximum absolute atomic E-state index is 12.3. The monoisotopic (exact) mass is 292 g/mol. The molecule has 1 amide bonds. The molecule has 116 valence electrons. The molecule has 5 nitrogen and oxygen atoms in total. The first-order valence-corrected chi connectivity index (χ1v) is 7.44. The van der Waals surface area contributed by atoms with Crippen molar-refractivity contribution < 1.29 is 14.6 Å². The van der Waals surface area contributed by atoms with Crippen molar-refractivity contribution in [2.45, 2.75) is 52.7 Å². The highest BCUT2D eigenvalue weighted by atomic mass is 16.6. The van der Waals surface area contributed by atoms with Crippen LogP contribution in [-0.4, -0.2) is 33.2 Å². The number of nitrogens with zero attached hydrogens (tertiary/aromatic N) is 2. The molecule has 0 aliphatic carbocycles. The Hall–Kier alpha value is -1.78. The van der Waals surface area contributed by atoms with Crippen molar-refractivity contribution in [1.29, 1.82) is 0 Å². The van der Waals surface area contributed by atoms with Gasteiger partial charge in [0.25, 0.3) is 0 Å². The first-order chi connectivity index (χ1) is 9.78. The molecule has 0 unspecified atom stereocenters. The van der Waals surface area contributed by atoms with Crippen LogP contribution in [0.5, 0.6) is 5.88 Å². The van der Waals surface area contributed by atoms with Gasteiger partial charge in [-0.1, -0.05) is 19.4 Å². The summed E-state index contributed by atoms with van der Waals surface area (Å²) in [6, 6.07) is 3.51. The molecule has 1 aromatic heterocycles. The summed E-state index contributed by atoms with van der Waals surface area (Å²) in [5, 5.41) is 9.57. The number of carbonyl (C=O) groups is 1. The van der Waals surface area contributed by atoms with E-state index >= 15 is 0 Å². The SMILES string of the molecule is CC[C@H]1Cc2ccc(O)nc2CN(C(=O)OC(C)(C)C)C1. The van der Waals surface area contributed by atoms with Crippen LogP contribution in [0.25, 0.3) is 0 Å².